The lowest BCUT2D eigenvalue weighted by Crippen LogP contribution is -2.35. The molecular weight excluding hydrogens is 210 g/mol. The van der Waals surface area contributed by atoms with Gasteiger partial charge in [0, 0.05) is 6.04 Å². The molecule has 1 aliphatic rings. The molecule has 2 unspecified atom stereocenters. The maximum Gasteiger partial charge on any atom is 0.149 e. The van der Waals surface area contributed by atoms with E-state index in [0.717, 1.165) is 17.7 Å². The standard InChI is InChI=1S/C14H23N3/c1-10(2)12-6-4-5-7-13(12)16-14-8-11(3)9-15-17-14/h8-10,12-13H,4-7H2,1-3H3,(H,16,17). The zero-order valence-corrected chi connectivity index (χ0v) is 11.1. The Kier molecular flexibility index (Phi) is 3.97. The van der Waals surface area contributed by atoms with Crippen LogP contribution in [-0.2, 0) is 0 Å². The van der Waals surface area contributed by atoms with Crippen molar-refractivity contribution in [2.24, 2.45) is 11.8 Å². The molecular formula is C14H23N3. The molecule has 3 nitrogen and oxygen atoms in total. The average molecular weight is 233 g/mol. The Morgan fingerprint density at radius 2 is 2.06 bits per heavy atom. The molecule has 1 saturated carbocycles. The van der Waals surface area contributed by atoms with E-state index in [1.165, 1.54) is 31.2 Å². The minimum absolute atomic E-state index is 0.569. The zero-order chi connectivity index (χ0) is 12.3. The van der Waals surface area contributed by atoms with Crippen LogP contribution < -0.4 is 5.32 Å². The first-order chi connectivity index (χ1) is 8.16. The summed E-state index contributed by atoms with van der Waals surface area (Å²) in [6.07, 6.45) is 7.11. The fourth-order valence-corrected chi connectivity index (χ4v) is 2.86. The van der Waals surface area contributed by atoms with Gasteiger partial charge in [-0.05, 0) is 43.2 Å². The van der Waals surface area contributed by atoms with Crippen molar-refractivity contribution < 1.29 is 0 Å². The van der Waals surface area contributed by atoms with E-state index in [0.29, 0.717) is 6.04 Å². The van der Waals surface area contributed by atoms with Gasteiger partial charge >= 0.3 is 0 Å². The van der Waals surface area contributed by atoms with E-state index in [1.807, 2.05) is 0 Å². The number of hydrogen-bond donors (Lipinski definition) is 1. The van der Waals surface area contributed by atoms with Gasteiger partial charge in [0.05, 0.1) is 6.20 Å². The molecule has 94 valence electrons. The predicted octanol–water partition coefficient (Wildman–Crippen LogP) is 3.41. The highest BCUT2D eigenvalue weighted by Crippen LogP contribution is 2.31. The van der Waals surface area contributed by atoms with Gasteiger partial charge in [0.2, 0.25) is 0 Å². The Hall–Kier alpha value is -1.12. The molecule has 1 N–H and O–H groups in total. The number of anilines is 1. The Bertz CT molecular complexity index is 362. The van der Waals surface area contributed by atoms with Crippen molar-refractivity contribution in [3.05, 3.63) is 17.8 Å². The number of aromatic nitrogens is 2. The molecule has 2 rings (SSSR count). The minimum Gasteiger partial charge on any atom is -0.366 e. The summed E-state index contributed by atoms with van der Waals surface area (Å²) in [6, 6.07) is 2.65. The maximum atomic E-state index is 4.17. The normalized spacial score (nSPS) is 24.9. The number of aryl methyl sites for hydroxylation is 1. The van der Waals surface area contributed by atoms with E-state index in [-0.39, 0.29) is 0 Å². The monoisotopic (exact) mass is 233 g/mol. The summed E-state index contributed by atoms with van der Waals surface area (Å²) < 4.78 is 0. The van der Waals surface area contributed by atoms with Gasteiger partial charge in [0.1, 0.15) is 5.82 Å². The van der Waals surface area contributed by atoms with Crippen LogP contribution in [0.3, 0.4) is 0 Å². The maximum absolute atomic E-state index is 4.17. The number of nitrogens with zero attached hydrogens (tertiary/aromatic N) is 2. The van der Waals surface area contributed by atoms with E-state index in [4.69, 9.17) is 0 Å². The van der Waals surface area contributed by atoms with Crippen molar-refractivity contribution in [3.8, 4) is 0 Å². The lowest BCUT2D eigenvalue weighted by molar-refractivity contribution is 0.253. The average Bonchev–Trinajstić information content (AvgIpc) is 2.29. The van der Waals surface area contributed by atoms with Gasteiger partial charge in [0.25, 0.3) is 0 Å². The predicted molar refractivity (Wildman–Crippen MR) is 71.0 cm³/mol. The first-order valence-corrected chi connectivity index (χ1v) is 6.72. The molecule has 1 aromatic heterocycles. The summed E-state index contributed by atoms with van der Waals surface area (Å²) in [7, 11) is 0. The van der Waals surface area contributed by atoms with Crippen LogP contribution in [0.25, 0.3) is 0 Å². The second kappa shape index (κ2) is 5.48. The molecule has 0 aromatic carbocycles. The van der Waals surface area contributed by atoms with Crippen LogP contribution in [0.5, 0.6) is 0 Å². The third kappa shape index (κ3) is 3.18. The topological polar surface area (TPSA) is 37.8 Å². The third-order valence-corrected chi connectivity index (χ3v) is 3.80. The van der Waals surface area contributed by atoms with E-state index in [9.17, 15) is 0 Å². The summed E-state index contributed by atoms with van der Waals surface area (Å²) in [5, 5.41) is 11.8. The summed E-state index contributed by atoms with van der Waals surface area (Å²) in [4.78, 5) is 0. The van der Waals surface area contributed by atoms with E-state index in [2.05, 4.69) is 42.4 Å². The van der Waals surface area contributed by atoms with Gasteiger partial charge in [0.15, 0.2) is 0 Å². The van der Waals surface area contributed by atoms with Gasteiger partial charge in [-0.15, -0.1) is 5.10 Å². The molecule has 0 radical (unpaired) electrons. The van der Waals surface area contributed by atoms with E-state index < -0.39 is 0 Å². The van der Waals surface area contributed by atoms with Crippen LogP contribution in [0.2, 0.25) is 0 Å². The van der Waals surface area contributed by atoms with Crippen molar-refractivity contribution in [3.63, 3.8) is 0 Å². The van der Waals surface area contributed by atoms with Crippen LogP contribution in [0.4, 0.5) is 5.82 Å². The molecule has 1 aromatic rings. The molecule has 1 aliphatic carbocycles. The van der Waals surface area contributed by atoms with Gasteiger partial charge in [-0.1, -0.05) is 26.7 Å². The molecule has 2 atom stereocenters. The zero-order valence-electron chi connectivity index (χ0n) is 11.1. The van der Waals surface area contributed by atoms with Gasteiger partial charge in [-0.2, -0.15) is 5.10 Å². The van der Waals surface area contributed by atoms with Gasteiger partial charge in [-0.25, -0.2) is 0 Å². The second-order valence-corrected chi connectivity index (χ2v) is 5.56. The largest absolute Gasteiger partial charge is 0.366 e. The first kappa shape index (κ1) is 12.3. The summed E-state index contributed by atoms with van der Waals surface area (Å²) in [6.45, 7) is 6.71. The lowest BCUT2D eigenvalue weighted by atomic mass is 9.78. The van der Waals surface area contributed by atoms with Crippen molar-refractivity contribution in [1.82, 2.24) is 10.2 Å². The molecule has 0 bridgehead atoms. The van der Waals surface area contributed by atoms with Gasteiger partial charge < -0.3 is 5.32 Å². The smallest absolute Gasteiger partial charge is 0.149 e. The van der Waals surface area contributed by atoms with Crippen molar-refractivity contribution in [1.29, 1.82) is 0 Å². The van der Waals surface area contributed by atoms with Gasteiger partial charge in [-0.3, -0.25) is 0 Å². The van der Waals surface area contributed by atoms with Crippen LogP contribution in [0.1, 0.15) is 45.1 Å². The van der Waals surface area contributed by atoms with Crippen molar-refractivity contribution in [2.75, 3.05) is 5.32 Å². The molecule has 1 fully saturated rings. The Morgan fingerprint density at radius 1 is 1.29 bits per heavy atom. The fourth-order valence-electron chi connectivity index (χ4n) is 2.86. The molecule has 3 heteroatoms. The highest BCUT2D eigenvalue weighted by molar-refractivity contribution is 5.36. The Morgan fingerprint density at radius 3 is 2.76 bits per heavy atom. The highest BCUT2D eigenvalue weighted by Gasteiger charge is 2.27. The molecule has 0 saturated heterocycles. The molecule has 1 heterocycles. The summed E-state index contributed by atoms with van der Waals surface area (Å²) >= 11 is 0. The Balaban J connectivity index is 2.05. The first-order valence-electron chi connectivity index (χ1n) is 6.72. The Labute approximate surface area is 104 Å². The fraction of sp³-hybridized carbons (Fsp3) is 0.714. The SMILES string of the molecule is Cc1cnnc(NC2CCCCC2C(C)C)c1. The third-order valence-electron chi connectivity index (χ3n) is 3.80. The molecule has 0 amide bonds. The molecule has 0 spiro atoms. The number of hydrogen-bond acceptors (Lipinski definition) is 3. The molecule has 17 heavy (non-hydrogen) atoms. The minimum atomic E-state index is 0.569. The van der Waals surface area contributed by atoms with Crippen LogP contribution in [0, 0.1) is 18.8 Å². The van der Waals surface area contributed by atoms with Crippen molar-refractivity contribution >= 4 is 5.82 Å². The summed E-state index contributed by atoms with van der Waals surface area (Å²) in [5.41, 5.74) is 1.17. The number of rotatable bonds is 3. The quantitative estimate of drug-likeness (QED) is 0.869. The highest BCUT2D eigenvalue weighted by atomic mass is 15.2. The number of nitrogens with one attached hydrogen (secondary N) is 1. The van der Waals surface area contributed by atoms with E-state index in [1.54, 1.807) is 6.20 Å². The van der Waals surface area contributed by atoms with Crippen molar-refractivity contribution in [2.45, 2.75) is 52.5 Å². The van der Waals surface area contributed by atoms with Crippen LogP contribution in [-0.4, -0.2) is 16.2 Å². The van der Waals surface area contributed by atoms with Crippen LogP contribution >= 0.6 is 0 Å². The van der Waals surface area contributed by atoms with Crippen LogP contribution in [0.15, 0.2) is 12.3 Å². The lowest BCUT2D eigenvalue weighted by Gasteiger charge is -2.35. The second-order valence-electron chi connectivity index (χ2n) is 5.56. The molecule has 0 aliphatic heterocycles. The van der Waals surface area contributed by atoms with E-state index >= 15 is 0 Å². The summed E-state index contributed by atoms with van der Waals surface area (Å²) in [5.74, 6) is 2.44.